The third kappa shape index (κ3) is 3.38. The second kappa shape index (κ2) is 5.90. The molecule has 16 heavy (non-hydrogen) atoms. The fourth-order valence-corrected chi connectivity index (χ4v) is 1.30. The van der Waals surface area contributed by atoms with E-state index >= 15 is 0 Å². The first-order valence-corrected chi connectivity index (χ1v) is 5.25. The van der Waals surface area contributed by atoms with Gasteiger partial charge in [-0.15, -0.1) is 0 Å². The van der Waals surface area contributed by atoms with Crippen LogP contribution in [0.2, 0.25) is 0 Å². The second-order valence-electron chi connectivity index (χ2n) is 3.25. The normalized spacial score (nSPS) is 11.2. The van der Waals surface area contributed by atoms with Crippen molar-refractivity contribution in [1.82, 2.24) is 0 Å². The van der Waals surface area contributed by atoms with Crippen molar-refractivity contribution in [1.29, 1.82) is 0 Å². The minimum absolute atomic E-state index is 0.212. The Bertz CT molecular complexity index is 382. The Kier molecular flexibility index (Phi) is 4.51. The van der Waals surface area contributed by atoms with Gasteiger partial charge in [0.2, 0.25) is 5.70 Å². The van der Waals surface area contributed by atoms with Gasteiger partial charge < -0.3 is 4.74 Å². The average molecular weight is 221 g/mol. The predicted molar refractivity (Wildman–Crippen MR) is 62.9 cm³/mol. The Hall–Kier alpha value is -1.84. The fraction of sp³-hybridized carbons (Fsp3) is 0.333. The van der Waals surface area contributed by atoms with Crippen LogP contribution in [0.15, 0.2) is 30.0 Å². The van der Waals surface area contributed by atoms with E-state index in [-0.39, 0.29) is 10.6 Å². The largest absolute Gasteiger partial charge is 0.494 e. The third-order valence-corrected chi connectivity index (χ3v) is 2.12. The van der Waals surface area contributed by atoms with Crippen LogP contribution in [-0.4, -0.2) is 11.5 Å². The second-order valence-corrected chi connectivity index (χ2v) is 3.25. The Morgan fingerprint density at radius 2 is 2.00 bits per heavy atom. The number of allylic oxidation sites excluding steroid dienone is 1. The molecule has 0 aliphatic carbocycles. The van der Waals surface area contributed by atoms with E-state index in [9.17, 15) is 10.1 Å². The minimum Gasteiger partial charge on any atom is -0.494 e. The zero-order valence-electron chi connectivity index (χ0n) is 9.47. The van der Waals surface area contributed by atoms with Crippen molar-refractivity contribution in [2.45, 2.75) is 20.3 Å². The Morgan fingerprint density at radius 1 is 1.38 bits per heavy atom. The zero-order valence-corrected chi connectivity index (χ0v) is 9.47. The van der Waals surface area contributed by atoms with E-state index in [1.807, 2.05) is 31.2 Å². The summed E-state index contributed by atoms with van der Waals surface area (Å²) in [6.45, 7) is 4.29. The molecule has 1 aromatic rings. The summed E-state index contributed by atoms with van der Waals surface area (Å²) in [5, 5.41) is 10.6. The molecular formula is C12H15NO3. The van der Waals surface area contributed by atoms with Gasteiger partial charge in [-0.2, -0.15) is 0 Å². The van der Waals surface area contributed by atoms with Gasteiger partial charge in [0, 0.05) is 12.5 Å². The van der Waals surface area contributed by atoms with Crippen molar-refractivity contribution in [3.63, 3.8) is 0 Å². The lowest BCUT2D eigenvalue weighted by Crippen LogP contribution is -1.96. The van der Waals surface area contributed by atoms with Crippen LogP contribution < -0.4 is 4.74 Å². The Morgan fingerprint density at radius 3 is 2.44 bits per heavy atom. The maximum atomic E-state index is 10.6. The van der Waals surface area contributed by atoms with Crippen LogP contribution >= 0.6 is 0 Å². The summed E-state index contributed by atoms with van der Waals surface area (Å²) in [5.41, 5.74) is 1.03. The Labute approximate surface area is 94.7 Å². The molecule has 0 fully saturated rings. The molecule has 0 saturated carbocycles. The van der Waals surface area contributed by atoms with Crippen molar-refractivity contribution in [3.8, 4) is 5.75 Å². The first-order chi connectivity index (χ1) is 7.67. The highest BCUT2D eigenvalue weighted by Crippen LogP contribution is 2.15. The number of benzene rings is 1. The summed E-state index contributed by atoms with van der Waals surface area (Å²) in [5.74, 6) is 0.777. The summed E-state index contributed by atoms with van der Waals surface area (Å²) in [7, 11) is 0. The summed E-state index contributed by atoms with van der Waals surface area (Å²) in [4.78, 5) is 10.3. The van der Waals surface area contributed by atoms with Gasteiger partial charge in [0.1, 0.15) is 5.75 Å². The quantitative estimate of drug-likeness (QED) is 0.567. The fourth-order valence-electron chi connectivity index (χ4n) is 1.30. The molecular weight excluding hydrogens is 206 g/mol. The van der Waals surface area contributed by atoms with Crippen LogP contribution in [0.5, 0.6) is 5.75 Å². The van der Waals surface area contributed by atoms with E-state index in [4.69, 9.17) is 4.74 Å². The van der Waals surface area contributed by atoms with Crippen molar-refractivity contribution in [2.24, 2.45) is 0 Å². The molecule has 0 bridgehead atoms. The van der Waals surface area contributed by atoms with Gasteiger partial charge in [-0.05, 0) is 24.6 Å². The van der Waals surface area contributed by atoms with Gasteiger partial charge in [0.05, 0.1) is 11.5 Å². The number of hydrogen-bond acceptors (Lipinski definition) is 3. The average Bonchev–Trinajstić information content (AvgIpc) is 2.28. The van der Waals surface area contributed by atoms with E-state index in [2.05, 4.69) is 0 Å². The van der Waals surface area contributed by atoms with Crippen LogP contribution in [0.25, 0.3) is 6.08 Å². The molecule has 86 valence electrons. The van der Waals surface area contributed by atoms with Crippen LogP contribution in [0, 0.1) is 10.1 Å². The predicted octanol–water partition coefficient (Wildman–Crippen LogP) is 3.11. The van der Waals surface area contributed by atoms with Gasteiger partial charge in [0.25, 0.3) is 0 Å². The molecule has 4 nitrogen and oxygen atoms in total. The molecule has 0 aromatic heterocycles. The lowest BCUT2D eigenvalue weighted by atomic mass is 10.1. The summed E-state index contributed by atoms with van der Waals surface area (Å²) in [6, 6.07) is 7.24. The van der Waals surface area contributed by atoms with E-state index in [1.165, 1.54) is 0 Å². The lowest BCUT2D eigenvalue weighted by molar-refractivity contribution is -0.425. The third-order valence-electron chi connectivity index (χ3n) is 2.12. The number of nitro groups is 1. The van der Waals surface area contributed by atoms with Crippen LogP contribution in [0.4, 0.5) is 0 Å². The molecule has 4 heteroatoms. The first-order valence-electron chi connectivity index (χ1n) is 5.25. The van der Waals surface area contributed by atoms with Gasteiger partial charge in [-0.3, -0.25) is 10.1 Å². The maximum Gasteiger partial charge on any atom is 0.246 e. The monoisotopic (exact) mass is 221 g/mol. The molecule has 1 rings (SSSR count). The molecule has 0 spiro atoms. The van der Waals surface area contributed by atoms with E-state index < -0.39 is 0 Å². The Balaban J connectivity index is 2.85. The smallest absolute Gasteiger partial charge is 0.246 e. The van der Waals surface area contributed by atoms with Gasteiger partial charge in [-0.1, -0.05) is 19.1 Å². The van der Waals surface area contributed by atoms with Gasteiger partial charge in [0.15, 0.2) is 0 Å². The van der Waals surface area contributed by atoms with Crippen molar-refractivity contribution in [2.75, 3.05) is 6.61 Å². The highest BCUT2D eigenvalue weighted by Gasteiger charge is 2.06. The number of hydrogen-bond donors (Lipinski definition) is 0. The molecule has 0 aliphatic rings. The first kappa shape index (κ1) is 12.2. The molecule has 0 N–H and O–H groups in total. The van der Waals surface area contributed by atoms with Crippen molar-refractivity contribution < 1.29 is 9.66 Å². The SMILES string of the molecule is CCOc1ccc(/C=C(/CC)[N+](=O)[O-])cc1. The summed E-state index contributed by atoms with van der Waals surface area (Å²) in [6.07, 6.45) is 2.00. The molecule has 0 aliphatic heterocycles. The van der Waals surface area contributed by atoms with Crippen molar-refractivity contribution >= 4 is 6.08 Å². The van der Waals surface area contributed by atoms with Crippen LogP contribution in [0.3, 0.4) is 0 Å². The molecule has 0 unspecified atom stereocenters. The maximum absolute atomic E-state index is 10.6. The zero-order chi connectivity index (χ0) is 12.0. The number of nitrogens with zero attached hydrogens (tertiary/aromatic N) is 1. The molecule has 0 saturated heterocycles. The molecule has 0 radical (unpaired) electrons. The number of rotatable bonds is 5. The minimum atomic E-state index is -0.351. The van der Waals surface area contributed by atoms with Crippen LogP contribution in [0.1, 0.15) is 25.8 Å². The highest BCUT2D eigenvalue weighted by atomic mass is 16.6. The molecule has 0 heterocycles. The molecule has 0 amide bonds. The van der Waals surface area contributed by atoms with E-state index in [0.29, 0.717) is 13.0 Å². The van der Waals surface area contributed by atoms with E-state index in [1.54, 1.807) is 13.0 Å². The van der Waals surface area contributed by atoms with Gasteiger partial charge >= 0.3 is 0 Å². The standard InChI is InChI=1S/C12H15NO3/c1-3-11(13(14)15)9-10-5-7-12(8-6-10)16-4-2/h5-9H,3-4H2,1-2H3/b11-9-. The summed E-state index contributed by atoms with van der Waals surface area (Å²) >= 11 is 0. The summed E-state index contributed by atoms with van der Waals surface area (Å²) < 4.78 is 5.29. The van der Waals surface area contributed by atoms with E-state index in [0.717, 1.165) is 11.3 Å². The molecule has 0 atom stereocenters. The topological polar surface area (TPSA) is 52.4 Å². The van der Waals surface area contributed by atoms with Gasteiger partial charge in [-0.25, -0.2) is 0 Å². The van der Waals surface area contributed by atoms with Crippen LogP contribution in [-0.2, 0) is 0 Å². The molecule has 1 aromatic carbocycles. The van der Waals surface area contributed by atoms with Crippen molar-refractivity contribution in [3.05, 3.63) is 45.6 Å². The highest BCUT2D eigenvalue weighted by molar-refractivity contribution is 5.52. The lowest BCUT2D eigenvalue weighted by Gasteiger charge is -2.02. The number of ether oxygens (including phenoxy) is 1.